The molecule has 0 aliphatic carbocycles. The van der Waals surface area contributed by atoms with E-state index in [4.69, 9.17) is 9.84 Å². The number of hydrogen-bond donors (Lipinski definition) is 1. The minimum absolute atomic E-state index is 0.124. The highest BCUT2D eigenvalue weighted by Gasteiger charge is 2.26. The van der Waals surface area contributed by atoms with E-state index in [0.717, 1.165) is 19.5 Å². The number of aliphatic carboxylic acids is 1. The van der Waals surface area contributed by atoms with Crippen LogP contribution in [0.5, 0.6) is 0 Å². The fourth-order valence-corrected chi connectivity index (χ4v) is 2.37. The topological polar surface area (TPSA) is 49.8 Å². The second-order valence-corrected chi connectivity index (χ2v) is 4.44. The molecule has 1 rings (SSSR count). The Morgan fingerprint density at radius 1 is 1.56 bits per heavy atom. The number of carboxylic acids is 1. The summed E-state index contributed by atoms with van der Waals surface area (Å²) in [5, 5.41) is 8.75. The minimum Gasteiger partial charge on any atom is -0.481 e. The third-order valence-corrected chi connectivity index (χ3v) is 3.18. The molecule has 1 fully saturated rings. The molecule has 0 aromatic carbocycles. The van der Waals surface area contributed by atoms with E-state index >= 15 is 0 Å². The van der Waals surface area contributed by atoms with E-state index in [1.165, 1.54) is 12.8 Å². The van der Waals surface area contributed by atoms with Gasteiger partial charge in [0.25, 0.3) is 0 Å². The van der Waals surface area contributed by atoms with Gasteiger partial charge in [0.15, 0.2) is 0 Å². The molecule has 1 heterocycles. The summed E-state index contributed by atoms with van der Waals surface area (Å²) in [4.78, 5) is 13.0. The van der Waals surface area contributed by atoms with Crippen molar-refractivity contribution in [3.05, 3.63) is 0 Å². The van der Waals surface area contributed by atoms with Crippen molar-refractivity contribution < 1.29 is 14.6 Å². The molecule has 2 atom stereocenters. The summed E-state index contributed by atoms with van der Waals surface area (Å²) in [5.74, 6) is -0.768. The molecule has 0 amide bonds. The van der Waals surface area contributed by atoms with Gasteiger partial charge in [0.2, 0.25) is 0 Å². The molecule has 4 heteroatoms. The quantitative estimate of drug-likeness (QED) is 0.753. The van der Waals surface area contributed by atoms with Gasteiger partial charge in [-0.2, -0.15) is 0 Å². The van der Waals surface area contributed by atoms with Gasteiger partial charge >= 0.3 is 5.97 Å². The Balaban J connectivity index is 2.44. The fourth-order valence-electron chi connectivity index (χ4n) is 2.37. The maximum Gasteiger partial charge on any atom is 0.306 e. The molecule has 2 unspecified atom stereocenters. The van der Waals surface area contributed by atoms with Crippen LogP contribution in [0.1, 0.15) is 39.5 Å². The van der Waals surface area contributed by atoms with E-state index in [-0.39, 0.29) is 12.5 Å². The first-order valence-electron chi connectivity index (χ1n) is 6.24. The average Bonchev–Trinajstić information content (AvgIpc) is 2.25. The van der Waals surface area contributed by atoms with Gasteiger partial charge < -0.3 is 9.84 Å². The van der Waals surface area contributed by atoms with Crippen molar-refractivity contribution in [1.29, 1.82) is 0 Å². The number of carbonyl (C=O) groups is 1. The normalized spacial score (nSPS) is 24.2. The molecular formula is C12H23NO3. The van der Waals surface area contributed by atoms with E-state index in [1.807, 2.05) is 0 Å². The third kappa shape index (κ3) is 4.10. The summed E-state index contributed by atoms with van der Waals surface area (Å²) in [6.45, 7) is 6.76. The van der Waals surface area contributed by atoms with Gasteiger partial charge in [0.05, 0.1) is 19.1 Å². The highest BCUT2D eigenvalue weighted by molar-refractivity contribution is 5.67. The Hall–Kier alpha value is -0.610. The Labute approximate surface area is 97.6 Å². The summed E-state index contributed by atoms with van der Waals surface area (Å²) in [6, 6.07) is 0.588. The third-order valence-electron chi connectivity index (χ3n) is 3.18. The standard InChI is InChI=1S/C12H23NO3/c1-3-5-10(4-2)13-6-7-16-11(9-13)8-12(14)15/h10-11H,3-9H2,1-2H3,(H,14,15). The molecule has 0 radical (unpaired) electrons. The van der Waals surface area contributed by atoms with Gasteiger partial charge in [-0.05, 0) is 12.8 Å². The lowest BCUT2D eigenvalue weighted by Gasteiger charge is -2.37. The van der Waals surface area contributed by atoms with Crippen LogP contribution in [-0.2, 0) is 9.53 Å². The molecule has 0 aromatic heterocycles. The van der Waals surface area contributed by atoms with Crippen LogP contribution in [0.15, 0.2) is 0 Å². The lowest BCUT2D eigenvalue weighted by atomic mass is 10.1. The van der Waals surface area contributed by atoms with Gasteiger partial charge in [0, 0.05) is 19.1 Å². The Morgan fingerprint density at radius 2 is 2.31 bits per heavy atom. The van der Waals surface area contributed by atoms with Crippen molar-refractivity contribution >= 4 is 5.97 Å². The maximum absolute atomic E-state index is 10.6. The van der Waals surface area contributed by atoms with E-state index in [0.29, 0.717) is 12.6 Å². The highest BCUT2D eigenvalue weighted by atomic mass is 16.5. The SMILES string of the molecule is CCCC(CC)N1CCOC(CC(=O)O)C1. The second-order valence-electron chi connectivity index (χ2n) is 4.44. The number of nitrogens with zero attached hydrogens (tertiary/aromatic N) is 1. The Morgan fingerprint density at radius 3 is 2.88 bits per heavy atom. The van der Waals surface area contributed by atoms with Gasteiger partial charge in [-0.15, -0.1) is 0 Å². The second kappa shape index (κ2) is 6.86. The zero-order valence-corrected chi connectivity index (χ0v) is 10.3. The molecule has 0 spiro atoms. The van der Waals surface area contributed by atoms with Crippen LogP contribution in [0.4, 0.5) is 0 Å². The first-order valence-corrected chi connectivity index (χ1v) is 6.24. The van der Waals surface area contributed by atoms with Crippen molar-refractivity contribution in [3.8, 4) is 0 Å². The maximum atomic E-state index is 10.6. The fraction of sp³-hybridized carbons (Fsp3) is 0.917. The van der Waals surface area contributed by atoms with E-state index in [1.54, 1.807) is 0 Å². The summed E-state index contributed by atoms with van der Waals surface area (Å²) in [6.07, 6.45) is 3.50. The van der Waals surface area contributed by atoms with E-state index in [9.17, 15) is 4.79 Å². The van der Waals surface area contributed by atoms with Crippen LogP contribution in [0.25, 0.3) is 0 Å². The largest absolute Gasteiger partial charge is 0.481 e. The van der Waals surface area contributed by atoms with E-state index in [2.05, 4.69) is 18.7 Å². The van der Waals surface area contributed by atoms with Gasteiger partial charge in [-0.3, -0.25) is 9.69 Å². The summed E-state index contributed by atoms with van der Waals surface area (Å²) in [7, 11) is 0. The van der Waals surface area contributed by atoms with Crippen molar-refractivity contribution in [2.75, 3.05) is 19.7 Å². The van der Waals surface area contributed by atoms with Crippen molar-refractivity contribution in [2.45, 2.75) is 51.7 Å². The Bertz CT molecular complexity index is 220. The van der Waals surface area contributed by atoms with Gasteiger partial charge in [0.1, 0.15) is 0 Å². The monoisotopic (exact) mass is 229 g/mol. The first kappa shape index (κ1) is 13.5. The van der Waals surface area contributed by atoms with Crippen LogP contribution >= 0.6 is 0 Å². The van der Waals surface area contributed by atoms with Crippen molar-refractivity contribution in [1.82, 2.24) is 4.90 Å². The zero-order valence-electron chi connectivity index (χ0n) is 10.3. The number of ether oxygens (including phenoxy) is 1. The smallest absolute Gasteiger partial charge is 0.306 e. The molecule has 0 aromatic rings. The van der Waals surface area contributed by atoms with Crippen LogP contribution in [0.3, 0.4) is 0 Å². The first-order chi connectivity index (χ1) is 7.67. The van der Waals surface area contributed by atoms with E-state index < -0.39 is 5.97 Å². The molecule has 0 bridgehead atoms. The van der Waals surface area contributed by atoms with Crippen molar-refractivity contribution in [3.63, 3.8) is 0 Å². The van der Waals surface area contributed by atoms with Crippen molar-refractivity contribution in [2.24, 2.45) is 0 Å². The molecule has 1 aliphatic rings. The molecule has 1 aliphatic heterocycles. The average molecular weight is 229 g/mol. The Kier molecular flexibility index (Phi) is 5.77. The lowest BCUT2D eigenvalue weighted by molar-refractivity contribution is -0.142. The number of hydrogen-bond acceptors (Lipinski definition) is 3. The van der Waals surface area contributed by atoms with Crippen LogP contribution in [-0.4, -0.2) is 47.8 Å². The minimum atomic E-state index is -0.768. The lowest BCUT2D eigenvalue weighted by Crippen LogP contribution is -2.48. The zero-order chi connectivity index (χ0) is 12.0. The predicted octanol–water partition coefficient (Wildman–Crippen LogP) is 1.74. The number of rotatable bonds is 6. The molecule has 16 heavy (non-hydrogen) atoms. The molecule has 1 saturated heterocycles. The molecular weight excluding hydrogens is 206 g/mol. The van der Waals surface area contributed by atoms with Crippen LogP contribution in [0, 0.1) is 0 Å². The summed E-state index contributed by atoms with van der Waals surface area (Å²) in [5.41, 5.74) is 0. The van der Waals surface area contributed by atoms with Gasteiger partial charge in [-0.25, -0.2) is 0 Å². The molecule has 4 nitrogen and oxygen atoms in total. The summed E-state index contributed by atoms with van der Waals surface area (Å²) >= 11 is 0. The predicted molar refractivity (Wildman–Crippen MR) is 62.6 cm³/mol. The number of carboxylic acid groups (broad SMARTS) is 1. The number of morpholine rings is 1. The molecule has 1 N–H and O–H groups in total. The highest BCUT2D eigenvalue weighted by Crippen LogP contribution is 2.16. The summed E-state index contributed by atoms with van der Waals surface area (Å²) < 4.78 is 5.47. The molecule has 94 valence electrons. The van der Waals surface area contributed by atoms with Crippen LogP contribution in [0.2, 0.25) is 0 Å². The van der Waals surface area contributed by atoms with Crippen LogP contribution < -0.4 is 0 Å². The molecule has 0 saturated carbocycles. The van der Waals surface area contributed by atoms with Gasteiger partial charge in [-0.1, -0.05) is 20.3 Å².